The zero-order valence-electron chi connectivity index (χ0n) is 15.3. The Bertz CT molecular complexity index is 759. The molecule has 1 saturated heterocycles. The van der Waals surface area contributed by atoms with E-state index < -0.39 is 0 Å². The zero-order chi connectivity index (χ0) is 19.1. The second kappa shape index (κ2) is 9.20. The van der Waals surface area contributed by atoms with Gasteiger partial charge in [0.1, 0.15) is 6.61 Å². The maximum absolute atomic E-state index is 12.4. The number of amides is 1. The topological polar surface area (TPSA) is 87.7 Å². The van der Waals surface area contributed by atoms with Gasteiger partial charge in [-0.1, -0.05) is 30.3 Å². The van der Waals surface area contributed by atoms with Crippen molar-refractivity contribution in [3.05, 3.63) is 48.3 Å². The van der Waals surface area contributed by atoms with Crippen LogP contribution in [0.5, 0.6) is 0 Å². The third kappa shape index (κ3) is 5.57. The van der Waals surface area contributed by atoms with Crippen molar-refractivity contribution in [1.82, 2.24) is 25.3 Å². The third-order valence-electron chi connectivity index (χ3n) is 4.29. The predicted octanol–water partition coefficient (Wildman–Crippen LogP) is 0.969. The predicted molar refractivity (Wildman–Crippen MR) is 99.6 cm³/mol. The van der Waals surface area contributed by atoms with E-state index in [0.29, 0.717) is 37.6 Å². The number of carbonyl (C=O) groups is 2. The summed E-state index contributed by atoms with van der Waals surface area (Å²) in [5.74, 6) is 0.109. The number of hydrogen-bond donors (Lipinski definition) is 1. The van der Waals surface area contributed by atoms with Crippen LogP contribution < -0.4 is 5.43 Å². The number of hydrazine groups is 1. The minimum absolute atomic E-state index is 0.219. The summed E-state index contributed by atoms with van der Waals surface area (Å²) in [5, 5.41) is 1.88. The summed E-state index contributed by atoms with van der Waals surface area (Å²) in [5.41, 5.74) is 4.23. The molecule has 142 valence electrons. The van der Waals surface area contributed by atoms with Gasteiger partial charge in [0.2, 0.25) is 0 Å². The quantitative estimate of drug-likeness (QED) is 0.759. The molecule has 0 unspecified atom stereocenters. The summed E-state index contributed by atoms with van der Waals surface area (Å²) in [6.45, 7) is 5.51. The van der Waals surface area contributed by atoms with E-state index in [1.165, 1.54) is 6.92 Å². The van der Waals surface area contributed by atoms with Gasteiger partial charge in [0.15, 0.2) is 5.82 Å². The van der Waals surface area contributed by atoms with Crippen molar-refractivity contribution in [1.29, 1.82) is 0 Å². The molecule has 8 heteroatoms. The Balaban J connectivity index is 1.46. The van der Waals surface area contributed by atoms with E-state index in [9.17, 15) is 9.59 Å². The number of benzene rings is 1. The monoisotopic (exact) mass is 369 g/mol. The molecule has 1 aromatic heterocycles. The van der Waals surface area contributed by atoms with Gasteiger partial charge >= 0.3 is 5.97 Å². The molecule has 0 radical (unpaired) electrons. The lowest BCUT2D eigenvalue weighted by molar-refractivity contribution is -0.141. The van der Waals surface area contributed by atoms with E-state index in [4.69, 9.17) is 4.74 Å². The lowest BCUT2D eigenvalue weighted by Crippen LogP contribution is -2.54. The Morgan fingerprint density at radius 2 is 1.74 bits per heavy atom. The van der Waals surface area contributed by atoms with Crippen molar-refractivity contribution in [3.63, 3.8) is 0 Å². The van der Waals surface area contributed by atoms with Crippen molar-refractivity contribution >= 4 is 11.9 Å². The van der Waals surface area contributed by atoms with Crippen LogP contribution in [0.4, 0.5) is 0 Å². The number of piperazine rings is 1. The van der Waals surface area contributed by atoms with Crippen molar-refractivity contribution in [3.8, 4) is 11.4 Å². The normalized spacial score (nSPS) is 15.3. The molecule has 1 aromatic carbocycles. The molecule has 1 fully saturated rings. The Morgan fingerprint density at radius 1 is 1.07 bits per heavy atom. The van der Waals surface area contributed by atoms with E-state index in [0.717, 1.165) is 18.7 Å². The molecule has 2 aromatic rings. The molecule has 1 N–H and O–H groups in total. The standard InChI is InChI=1S/C19H23N5O3/c1-15(25)27-12-11-23-7-9-24(10-8-23)22-19(26)17-13-20-18(21-14-17)16-5-3-2-4-6-16/h2-6,13-14H,7-12H2,1H3,(H,22,26). The van der Waals surface area contributed by atoms with Gasteiger partial charge in [-0.15, -0.1) is 0 Å². The van der Waals surface area contributed by atoms with Gasteiger partial charge in [-0.3, -0.25) is 19.9 Å². The Kier molecular flexibility index (Phi) is 6.45. The van der Waals surface area contributed by atoms with Gasteiger partial charge < -0.3 is 4.74 Å². The third-order valence-corrected chi connectivity index (χ3v) is 4.29. The number of ether oxygens (including phenoxy) is 1. The highest BCUT2D eigenvalue weighted by atomic mass is 16.5. The van der Waals surface area contributed by atoms with E-state index in [-0.39, 0.29) is 11.9 Å². The number of carbonyl (C=O) groups excluding carboxylic acids is 2. The Hall–Kier alpha value is -2.84. The van der Waals surface area contributed by atoms with Crippen LogP contribution in [-0.2, 0) is 9.53 Å². The summed E-state index contributed by atoms with van der Waals surface area (Å²) in [6.07, 6.45) is 3.08. The highest BCUT2D eigenvalue weighted by Gasteiger charge is 2.19. The van der Waals surface area contributed by atoms with Gasteiger partial charge in [-0.2, -0.15) is 0 Å². The largest absolute Gasteiger partial charge is 0.465 e. The molecule has 0 aliphatic carbocycles. The van der Waals surface area contributed by atoms with Gasteiger partial charge in [0, 0.05) is 57.6 Å². The molecule has 0 bridgehead atoms. The zero-order valence-corrected chi connectivity index (χ0v) is 15.3. The molecule has 1 amide bonds. The van der Waals surface area contributed by atoms with Gasteiger partial charge in [0.25, 0.3) is 5.91 Å². The summed E-state index contributed by atoms with van der Waals surface area (Å²) in [6, 6.07) is 9.63. The van der Waals surface area contributed by atoms with Crippen molar-refractivity contribution < 1.29 is 14.3 Å². The number of hydrogen-bond acceptors (Lipinski definition) is 7. The molecule has 27 heavy (non-hydrogen) atoms. The minimum Gasteiger partial charge on any atom is -0.465 e. The molecule has 0 saturated carbocycles. The van der Waals surface area contributed by atoms with Crippen LogP contribution in [0.3, 0.4) is 0 Å². The lowest BCUT2D eigenvalue weighted by Gasteiger charge is -2.34. The first-order valence-corrected chi connectivity index (χ1v) is 8.91. The fourth-order valence-electron chi connectivity index (χ4n) is 2.79. The molecular weight excluding hydrogens is 346 g/mol. The highest BCUT2D eigenvalue weighted by Crippen LogP contribution is 2.13. The van der Waals surface area contributed by atoms with E-state index in [1.807, 2.05) is 35.3 Å². The molecule has 0 atom stereocenters. The highest BCUT2D eigenvalue weighted by molar-refractivity contribution is 5.93. The number of nitrogens with zero attached hydrogens (tertiary/aromatic N) is 4. The SMILES string of the molecule is CC(=O)OCCN1CCN(NC(=O)c2cnc(-c3ccccc3)nc2)CC1. The first-order chi connectivity index (χ1) is 13.1. The fourth-order valence-corrected chi connectivity index (χ4v) is 2.79. The lowest BCUT2D eigenvalue weighted by atomic mass is 10.2. The molecule has 8 nitrogen and oxygen atoms in total. The summed E-state index contributed by atoms with van der Waals surface area (Å²) < 4.78 is 4.96. The number of esters is 1. The first kappa shape index (κ1) is 18.9. The average Bonchev–Trinajstić information content (AvgIpc) is 2.70. The van der Waals surface area contributed by atoms with Crippen LogP contribution in [0.25, 0.3) is 11.4 Å². The van der Waals surface area contributed by atoms with E-state index >= 15 is 0 Å². The van der Waals surface area contributed by atoms with E-state index in [2.05, 4.69) is 20.3 Å². The maximum atomic E-state index is 12.4. The van der Waals surface area contributed by atoms with Crippen LogP contribution in [0.2, 0.25) is 0 Å². The second-order valence-corrected chi connectivity index (χ2v) is 6.27. The molecule has 3 rings (SSSR count). The molecule has 2 heterocycles. The van der Waals surface area contributed by atoms with Crippen molar-refractivity contribution in [2.75, 3.05) is 39.3 Å². The Labute approximate surface area is 158 Å². The molecular formula is C19H23N5O3. The number of aromatic nitrogens is 2. The van der Waals surface area contributed by atoms with Crippen LogP contribution in [0.1, 0.15) is 17.3 Å². The minimum atomic E-state index is -0.263. The van der Waals surface area contributed by atoms with Crippen LogP contribution in [0, 0.1) is 0 Å². The molecule has 1 aliphatic rings. The molecule has 1 aliphatic heterocycles. The average molecular weight is 369 g/mol. The number of rotatable bonds is 6. The maximum Gasteiger partial charge on any atom is 0.302 e. The van der Waals surface area contributed by atoms with Crippen LogP contribution in [-0.4, -0.2) is 71.1 Å². The smallest absolute Gasteiger partial charge is 0.302 e. The van der Waals surface area contributed by atoms with Gasteiger partial charge in [-0.05, 0) is 0 Å². The second-order valence-electron chi connectivity index (χ2n) is 6.27. The number of nitrogens with one attached hydrogen (secondary N) is 1. The van der Waals surface area contributed by atoms with E-state index in [1.54, 1.807) is 12.4 Å². The van der Waals surface area contributed by atoms with Crippen LogP contribution >= 0.6 is 0 Å². The Morgan fingerprint density at radius 3 is 2.37 bits per heavy atom. The van der Waals surface area contributed by atoms with Gasteiger partial charge in [0.05, 0.1) is 5.56 Å². The molecule has 0 spiro atoms. The summed E-state index contributed by atoms with van der Waals surface area (Å²) in [7, 11) is 0. The van der Waals surface area contributed by atoms with Crippen molar-refractivity contribution in [2.45, 2.75) is 6.92 Å². The van der Waals surface area contributed by atoms with Crippen molar-refractivity contribution in [2.24, 2.45) is 0 Å². The van der Waals surface area contributed by atoms with Gasteiger partial charge in [-0.25, -0.2) is 15.0 Å². The van der Waals surface area contributed by atoms with Crippen LogP contribution in [0.15, 0.2) is 42.7 Å². The first-order valence-electron chi connectivity index (χ1n) is 8.91. The fraction of sp³-hybridized carbons (Fsp3) is 0.368. The summed E-state index contributed by atoms with van der Waals surface area (Å²) in [4.78, 5) is 33.9. The summed E-state index contributed by atoms with van der Waals surface area (Å²) >= 11 is 0.